The van der Waals surface area contributed by atoms with Crippen LogP contribution in [0, 0.1) is 0 Å². The molecule has 110 valence electrons. The summed E-state index contributed by atoms with van der Waals surface area (Å²) in [7, 11) is 1.57. The molecule has 0 atom stereocenters. The fraction of sp³-hybridized carbons (Fsp3) is 0.533. The van der Waals surface area contributed by atoms with Crippen LogP contribution in [0.15, 0.2) is 12.1 Å². The van der Waals surface area contributed by atoms with E-state index in [-0.39, 0.29) is 6.09 Å². The van der Waals surface area contributed by atoms with Crippen LogP contribution in [0.25, 0.3) is 0 Å². The molecule has 2 rings (SSSR count). The van der Waals surface area contributed by atoms with Crippen LogP contribution in [0.4, 0.5) is 16.2 Å². The first kappa shape index (κ1) is 14.5. The molecule has 0 fully saturated rings. The Balaban J connectivity index is 2.34. The molecule has 0 spiro atoms. The van der Waals surface area contributed by atoms with Crippen LogP contribution in [-0.4, -0.2) is 25.3 Å². The zero-order valence-electron chi connectivity index (χ0n) is 12.5. The molecule has 0 saturated carbocycles. The molecule has 20 heavy (non-hydrogen) atoms. The molecule has 5 nitrogen and oxygen atoms in total. The number of hydrogen-bond acceptors (Lipinski definition) is 4. The van der Waals surface area contributed by atoms with Crippen molar-refractivity contribution in [2.75, 3.05) is 24.3 Å². The number of methoxy groups -OCH3 is 1. The highest BCUT2D eigenvalue weighted by Crippen LogP contribution is 2.35. The highest BCUT2D eigenvalue weighted by Gasteiger charge is 2.28. The predicted octanol–water partition coefficient (Wildman–Crippen LogP) is 2.97. The molecule has 1 heterocycles. The summed E-state index contributed by atoms with van der Waals surface area (Å²) in [5.74, 6) is 0.583. The summed E-state index contributed by atoms with van der Waals surface area (Å²) >= 11 is 0. The van der Waals surface area contributed by atoms with E-state index >= 15 is 0 Å². The van der Waals surface area contributed by atoms with Crippen LogP contribution in [-0.2, 0) is 11.2 Å². The fourth-order valence-electron chi connectivity index (χ4n) is 2.32. The van der Waals surface area contributed by atoms with Gasteiger partial charge >= 0.3 is 6.09 Å². The minimum absolute atomic E-state index is 0.328. The molecule has 0 aliphatic carbocycles. The minimum Gasteiger partial charge on any atom is -0.495 e. The average Bonchev–Trinajstić information content (AvgIpc) is 2.35. The molecule has 1 aliphatic rings. The van der Waals surface area contributed by atoms with Gasteiger partial charge in [0.1, 0.15) is 11.4 Å². The van der Waals surface area contributed by atoms with Gasteiger partial charge in [-0.05, 0) is 45.2 Å². The average molecular weight is 278 g/mol. The summed E-state index contributed by atoms with van der Waals surface area (Å²) in [5, 5.41) is 0. The maximum absolute atomic E-state index is 12.3. The van der Waals surface area contributed by atoms with Crippen molar-refractivity contribution in [2.45, 2.75) is 39.2 Å². The smallest absolute Gasteiger partial charge is 0.414 e. The topological polar surface area (TPSA) is 64.8 Å². The van der Waals surface area contributed by atoms with Crippen molar-refractivity contribution in [2.24, 2.45) is 0 Å². The molecule has 5 heteroatoms. The second-order valence-corrected chi connectivity index (χ2v) is 5.96. The van der Waals surface area contributed by atoms with E-state index in [0.717, 1.165) is 24.1 Å². The lowest BCUT2D eigenvalue weighted by Gasteiger charge is -2.32. The van der Waals surface area contributed by atoms with Gasteiger partial charge < -0.3 is 15.2 Å². The van der Waals surface area contributed by atoms with Gasteiger partial charge in [0, 0.05) is 12.6 Å². The molecule has 0 radical (unpaired) electrons. The molecule has 0 aromatic heterocycles. The van der Waals surface area contributed by atoms with Gasteiger partial charge in [-0.3, -0.25) is 4.90 Å². The fourth-order valence-corrected chi connectivity index (χ4v) is 2.32. The largest absolute Gasteiger partial charge is 0.495 e. The van der Waals surface area contributed by atoms with Crippen LogP contribution >= 0.6 is 0 Å². The summed E-state index contributed by atoms with van der Waals surface area (Å²) in [6, 6.07) is 3.69. The molecule has 1 aromatic rings. The lowest BCUT2D eigenvalue weighted by atomic mass is 10.0. The van der Waals surface area contributed by atoms with E-state index in [9.17, 15) is 4.79 Å². The van der Waals surface area contributed by atoms with Crippen molar-refractivity contribution in [1.82, 2.24) is 0 Å². The van der Waals surface area contributed by atoms with Gasteiger partial charge in [-0.2, -0.15) is 0 Å². The molecular formula is C15H22N2O3. The monoisotopic (exact) mass is 278 g/mol. The Morgan fingerprint density at radius 1 is 1.35 bits per heavy atom. The number of rotatable bonds is 1. The third kappa shape index (κ3) is 2.98. The summed E-state index contributed by atoms with van der Waals surface area (Å²) in [6.45, 7) is 6.23. The van der Waals surface area contributed by atoms with Gasteiger partial charge in [-0.25, -0.2) is 4.79 Å². The standard InChI is InChI=1S/C15H22N2O3/c1-15(2,3)20-14(18)17-7-5-6-10-8-11(16)13(19-4)9-12(10)17/h8-9H,5-7,16H2,1-4H3. The van der Waals surface area contributed by atoms with Crippen LogP contribution < -0.4 is 15.4 Å². The quantitative estimate of drug-likeness (QED) is 0.802. The second-order valence-electron chi connectivity index (χ2n) is 5.96. The zero-order valence-corrected chi connectivity index (χ0v) is 12.5. The summed E-state index contributed by atoms with van der Waals surface area (Å²) in [6.07, 6.45) is 1.48. The number of fused-ring (bicyclic) bond motifs is 1. The Morgan fingerprint density at radius 2 is 2.05 bits per heavy atom. The van der Waals surface area contributed by atoms with E-state index in [1.165, 1.54) is 0 Å². The van der Waals surface area contributed by atoms with Gasteiger partial charge in [0.05, 0.1) is 18.5 Å². The van der Waals surface area contributed by atoms with Gasteiger partial charge in [-0.1, -0.05) is 0 Å². The number of anilines is 2. The van der Waals surface area contributed by atoms with Crippen LogP contribution in [0.5, 0.6) is 5.75 Å². The number of aryl methyl sites for hydroxylation is 1. The predicted molar refractivity (Wildman–Crippen MR) is 79.3 cm³/mol. The van der Waals surface area contributed by atoms with E-state index in [4.69, 9.17) is 15.2 Å². The van der Waals surface area contributed by atoms with Crippen LogP contribution in [0.3, 0.4) is 0 Å². The van der Waals surface area contributed by atoms with Crippen molar-refractivity contribution < 1.29 is 14.3 Å². The minimum atomic E-state index is -0.507. The van der Waals surface area contributed by atoms with Crippen molar-refractivity contribution >= 4 is 17.5 Å². The van der Waals surface area contributed by atoms with Crippen LogP contribution in [0.2, 0.25) is 0 Å². The Morgan fingerprint density at radius 3 is 2.65 bits per heavy atom. The Kier molecular flexibility index (Phi) is 3.79. The lowest BCUT2D eigenvalue weighted by molar-refractivity contribution is 0.0578. The van der Waals surface area contributed by atoms with Crippen molar-refractivity contribution in [3.63, 3.8) is 0 Å². The van der Waals surface area contributed by atoms with Gasteiger partial charge in [0.15, 0.2) is 0 Å². The first-order valence-electron chi connectivity index (χ1n) is 6.79. The van der Waals surface area contributed by atoms with E-state index in [2.05, 4.69) is 0 Å². The number of nitrogens with zero attached hydrogens (tertiary/aromatic N) is 1. The molecule has 2 N–H and O–H groups in total. The zero-order chi connectivity index (χ0) is 14.9. The summed E-state index contributed by atoms with van der Waals surface area (Å²) in [4.78, 5) is 14.0. The Hall–Kier alpha value is -1.91. The number of hydrogen-bond donors (Lipinski definition) is 1. The first-order chi connectivity index (χ1) is 9.31. The molecule has 0 bridgehead atoms. The molecule has 0 unspecified atom stereocenters. The maximum Gasteiger partial charge on any atom is 0.414 e. The molecule has 1 aromatic carbocycles. The molecular weight excluding hydrogens is 256 g/mol. The van der Waals surface area contributed by atoms with Crippen LogP contribution in [0.1, 0.15) is 32.8 Å². The Labute approximate surface area is 119 Å². The number of nitrogen functional groups attached to an aromatic ring is 1. The number of carbonyl (C=O) groups excluding carboxylic acids is 1. The number of carbonyl (C=O) groups is 1. The van der Waals surface area contributed by atoms with Crippen molar-refractivity contribution in [3.8, 4) is 5.75 Å². The summed E-state index contributed by atoms with van der Waals surface area (Å²) in [5.41, 5.74) is 7.89. The third-order valence-corrected chi connectivity index (χ3v) is 3.16. The van der Waals surface area contributed by atoms with Gasteiger partial charge in [0.25, 0.3) is 0 Å². The molecule has 1 aliphatic heterocycles. The molecule has 0 saturated heterocycles. The SMILES string of the molecule is COc1cc2c(cc1N)CCCN2C(=O)OC(C)(C)C. The van der Waals surface area contributed by atoms with E-state index in [0.29, 0.717) is 18.0 Å². The van der Waals surface area contributed by atoms with E-state index in [1.807, 2.05) is 32.9 Å². The molecule has 1 amide bonds. The summed E-state index contributed by atoms with van der Waals surface area (Å²) < 4.78 is 10.7. The first-order valence-corrected chi connectivity index (χ1v) is 6.79. The second kappa shape index (κ2) is 5.23. The number of benzene rings is 1. The number of nitrogens with two attached hydrogens (primary N) is 1. The van der Waals surface area contributed by atoms with Gasteiger partial charge in [0.2, 0.25) is 0 Å². The highest BCUT2D eigenvalue weighted by molar-refractivity contribution is 5.90. The normalized spacial score (nSPS) is 14.7. The maximum atomic E-state index is 12.3. The number of ether oxygens (including phenoxy) is 2. The van der Waals surface area contributed by atoms with Crippen molar-refractivity contribution in [1.29, 1.82) is 0 Å². The van der Waals surface area contributed by atoms with Crippen molar-refractivity contribution in [3.05, 3.63) is 17.7 Å². The number of amides is 1. The van der Waals surface area contributed by atoms with Gasteiger partial charge in [-0.15, -0.1) is 0 Å². The van der Waals surface area contributed by atoms with E-state index in [1.54, 1.807) is 12.0 Å². The lowest BCUT2D eigenvalue weighted by Crippen LogP contribution is -2.39. The van der Waals surface area contributed by atoms with E-state index < -0.39 is 5.60 Å². The third-order valence-electron chi connectivity index (χ3n) is 3.16. The Bertz CT molecular complexity index is 521. The highest BCUT2D eigenvalue weighted by atomic mass is 16.6.